The second-order valence-corrected chi connectivity index (χ2v) is 6.13. The van der Waals surface area contributed by atoms with E-state index in [1.165, 1.54) is 0 Å². The van der Waals surface area contributed by atoms with Crippen LogP contribution in [0, 0.1) is 5.92 Å². The lowest BCUT2D eigenvalue weighted by Crippen LogP contribution is -2.41. The van der Waals surface area contributed by atoms with Gasteiger partial charge in [0.1, 0.15) is 0 Å². The van der Waals surface area contributed by atoms with Crippen molar-refractivity contribution in [2.75, 3.05) is 19.6 Å². The van der Waals surface area contributed by atoms with Crippen molar-refractivity contribution in [1.29, 1.82) is 0 Å². The summed E-state index contributed by atoms with van der Waals surface area (Å²) in [6.45, 7) is 4.42. The van der Waals surface area contributed by atoms with E-state index in [0.717, 1.165) is 38.0 Å². The summed E-state index contributed by atoms with van der Waals surface area (Å²) >= 11 is 0. The number of likely N-dealkylation sites (tertiary alicyclic amines) is 1. The lowest BCUT2D eigenvalue weighted by Gasteiger charge is -2.31. The molecule has 1 saturated heterocycles. The van der Waals surface area contributed by atoms with Crippen molar-refractivity contribution in [3.63, 3.8) is 0 Å². The average molecular weight is 307 g/mol. The number of rotatable bonds is 5. The molecule has 1 aliphatic rings. The molecule has 6 heteroatoms. The number of carbonyl (C=O) groups is 1. The number of hydrogen-bond acceptors (Lipinski definition) is 4. The maximum Gasteiger partial charge on any atom is 0.250 e. The molecule has 1 amide bonds. The summed E-state index contributed by atoms with van der Waals surface area (Å²) in [4.78, 5) is 25.9. The van der Waals surface area contributed by atoms with Crippen molar-refractivity contribution in [2.45, 2.75) is 32.4 Å². The molecule has 1 fully saturated rings. The highest BCUT2D eigenvalue weighted by atomic mass is 16.3. The highest BCUT2D eigenvalue weighted by molar-refractivity contribution is 5.78. The van der Waals surface area contributed by atoms with Crippen LogP contribution in [0.1, 0.15) is 25.3 Å². The summed E-state index contributed by atoms with van der Waals surface area (Å²) in [7, 11) is 1.74. The Bertz CT molecular complexity index is 560. The number of aliphatic hydroxyl groups is 1. The van der Waals surface area contributed by atoms with Crippen LogP contribution in [0.3, 0.4) is 0 Å². The van der Waals surface area contributed by atoms with Crippen molar-refractivity contribution >= 4 is 5.91 Å². The van der Waals surface area contributed by atoms with Crippen LogP contribution in [-0.2, 0) is 18.4 Å². The van der Waals surface area contributed by atoms with Gasteiger partial charge in [0.05, 0.1) is 6.10 Å². The van der Waals surface area contributed by atoms with Crippen molar-refractivity contribution in [2.24, 2.45) is 13.0 Å². The number of aryl methyl sites for hydroxylation is 1. The molecule has 2 N–H and O–H groups in total. The van der Waals surface area contributed by atoms with E-state index in [1.54, 1.807) is 30.8 Å². The van der Waals surface area contributed by atoms with E-state index < -0.39 is 6.10 Å². The predicted octanol–water partition coefficient (Wildman–Crippen LogP) is 0.0943. The van der Waals surface area contributed by atoms with Gasteiger partial charge in [0.2, 0.25) is 5.91 Å². The Balaban J connectivity index is 1.80. The van der Waals surface area contributed by atoms with Crippen LogP contribution in [0.2, 0.25) is 0 Å². The normalized spacial score (nSPS) is 18.1. The van der Waals surface area contributed by atoms with Crippen molar-refractivity contribution in [3.8, 4) is 0 Å². The summed E-state index contributed by atoms with van der Waals surface area (Å²) in [5, 5.41) is 12.0. The molecule has 2 rings (SSSR count). The van der Waals surface area contributed by atoms with Gasteiger partial charge in [-0.2, -0.15) is 0 Å². The topological polar surface area (TPSA) is 74.6 Å². The van der Waals surface area contributed by atoms with Gasteiger partial charge in [-0.1, -0.05) is 0 Å². The van der Waals surface area contributed by atoms with E-state index in [0.29, 0.717) is 6.54 Å². The molecule has 1 aromatic rings. The van der Waals surface area contributed by atoms with Crippen LogP contribution in [0.15, 0.2) is 23.1 Å². The van der Waals surface area contributed by atoms with Crippen LogP contribution in [-0.4, -0.2) is 46.2 Å². The minimum atomic E-state index is -0.510. The third kappa shape index (κ3) is 4.68. The average Bonchev–Trinajstić information content (AvgIpc) is 2.49. The second-order valence-electron chi connectivity index (χ2n) is 6.13. The van der Waals surface area contributed by atoms with Crippen LogP contribution in [0.5, 0.6) is 0 Å². The molecule has 0 saturated carbocycles. The fourth-order valence-corrected chi connectivity index (χ4v) is 2.69. The maximum absolute atomic E-state index is 12.0. The Labute approximate surface area is 130 Å². The summed E-state index contributed by atoms with van der Waals surface area (Å²) in [6, 6.07) is 3.63. The number of amides is 1. The molecule has 1 atom stereocenters. The van der Waals surface area contributed by atoms with Gasteiger partial charge >= 0.3 is 0 Å². The van der Waals surface area contributed by atoms with Gasteiger partial charge < -0.3 is 15.0 Å². The Kier molecular flexibility index (Phi) is 5.74. The number of hydrogen-bond donors (Lipinski definition) is 2. The maximum atomic E-state index is 12.0. The third-order valence-corrected chi connectivity index (χ3v) is 4.10. The second kappa shape index (κ2) is 7.56. The highest BCUT2D eigenvalue weighted by Crippen LogP contribution is 2.18. The molecule has 1 aliphatic heterocycles. The molecule has 0 radical (unpaired) electrons. The van der Waals surface area contributed by atoms with Crippen LogP contribution in [0.4, 0.5) is 0 Å². The van der Waals surface area contributed by atoms with E-state index in [1.807, 2.05) is 6.07 Å². The lowest BCUT2D eigenvalue weighted by molar-refractivity contribution is -0.126. The quantitative estimate of drug-likeness (QED) is 0.809. The molecule has 122 valence electrons. The van der Waals surface area contributed by atoms with Gasteiger partial charge in [0.15, 0.2) is 0 Å². The minimum Gasteiger partial charge on any atom is -0.392 e. The van der Waals surface area contributed by atoms with Crippen LogP contribution < -0.4 is 10.9 Å². The van der Waals surface area contributed by atoms with E-state index in [9.17, 15) is 14.7 Å². The number of aliphatic hydroxyl groups excluding tert-OH is 1. The molecule has 1 aromatic heterocycles. The largest absolute Gasteiger partial charge is 0.392 e. The number of nitrogens with one attached hydrogen (secondary N) is 1. The first-order valence-electron chi connectivity index (χ1n) is 7.79. The summed E-state index contributed by atoms with van der Waals surface area (Å²) in [5.74, 6) is 0.0628. The summed E-state index contributed by atoms with van der Waals surface area (Å²) in [6.07, 6.45) is 2.91. The third-order valence-electron chi connectivity index (χ3n) is 4.10. The first-order chi connectivity index (χ1) is 10.5. The van der Waals surface area contributed by atoms with Crippen molar-refractivity contribution in [1.82, 2.24) is 14.8 Å². The van der Waals surface area contributed by atoms with Crippen molar-refractivity contribution < 1.29 is 9.90 Å². The zero-order valence-corrected chi connectivity index (χ0v) is 13.3. The van der Waals surface area contributed by atoms with E-state index in [-0.39, 0.29) is 17.4 Å². The Hall–Kier alpha value is -1.66. The zero-order valence-electron chi connectivity index (χ0n) is 13.3. The lowest BCUT2D eigenvalue weighted by atomic mass is 9.95. The van der Waals surface area contributed by atoms with E-state index in [4.69, 9.17) is 0 Å². The smallest absolute Gasteiger partial charge is 0.250 e. The van der Waals surface area contributed by atoms with Gasteiger partial charge in [-0.15, -0.1) is 0 Å². The molecule has 0 aromatic carbocycles. The van der Waals surface area contributed by atoms with Crippen molar-refractivity contribution in [3.05, 3.63) is 34.2 Å². The Morgan fingerprint density at radius 1 is 1.45 bits per heavy atom. The predicted molar refractivity (Wildman–Crippen MR) is 84.4 cm³/mol. The minimum absolute atomic E-state index is 0.00453. The Morgan fingerprint density at radius 3 is 2.73 bits per heavy atom. The standard InChI is InChI=1S/C16H25N3O3/c1-12(20)10-17-16(22)14-4-7-19(8-5-14)11-13-3-6-18(2)15(21)9-13/h3,6,9,12,14,20H,4-5,7-8,10-11H2,1-2H3,(H,17,22). The first kappa shape index (κ1) is 16.7. The van der Waals surface area contributed by atoms with Gasteiger partial charge in [-0.05, 0) is 44.5 Å². The summed E-state index contributed by atoms with van der Waals surface area (Å²) in [5.41, 5.74) is 1.02. The molecular weight excluding hydrogens is 282 g/mol. The van der Waals surface area contributed by atoms with Gasteiger partial charge in [-0.3, -0.25) is 14.5 Å². The molecule has 6 nitrogen and oxygen atoms in total. The molecule has 0 spiro atoms. The number of pyridine rings is 1. The number of aromatic nitrogens is 1. The molecule has 0 aliphatic carbocycles. The molecular formula is C16H25N3O3. The number of carbonyl (C=O) groups excluding carboxylic acids is 1. The number of piperidine rings is 1. The molecule has 0 bridgehead atoms. The van der Waals surface area contributed by atoms with Crippen LogP contribution in [0.25, 0.3) is 0 Å². The first-order valence-corrected chi connectivity index (χ1v) is 7.79. The fourth-order valence-electron chi connectivity index (χ4n) is 2.69. The fraction of sp³-hybridized carbons (Fsp3) is 0.625. The highest BCUT2D eigenvalue weighted by Gasteiger charge is 2.24. The molecule has 1 unspecified atom stereocenters. The molecule has 22 heavy (non-hydrogen) atoms. The molecule has 2 heterocycles. The van der Waals surface area contributed by atoms with Crippen LogP contribution >= 0.6 is 0 Å². The van der Waals surface area contributed by atoms with Gasteiger partial charge in [0, 0.05) is 38.3 Å². The van der Waals surface area contributed by atoms with Gasteiger partial charge in [0.25, 0.3) is 5.56 Å². The summed E-state index contributed by atoms with van der Waals surface area (Å²) < 4.78 is 1.56. The van der Waals surface area contributed by atoms with Gasteiger partial charge in [-0.25, -0.2) is 0 Å². The van der Waals surface area contributed by atoms with E-state index >= 15 is 0 Å². The van der Waals surface area contributed by atoms with E-state index in [2.05, 4.69) is 10.2 Å². The zero-order chi connectivity index (χ0) is 16.1. The SMILES string of the molecule is CC(O)CNC(=O)C1CCN(Cc2ccn(C)c(=O)c2)CC1. The monoisotopic (exact) mass is 307 g/mol. The Morgan fingerprint density at radius 2 is 2.14 bits per heavy atom. The number of nitrogens with zero attached hydrogens (tertiary/aromatic N) is 2.